The number of halogens is 1. The van der Waals surface area contributed by atoms with E-state index < -0.39 is 30.0 Å². The van der Waals surface area contributed by atoms with Crippen LogP contribution in [0.3, 0.4) is 0 Å². The van der Waals surface area contributed by atoms with Crippen LogP contribution in [-0.4, -0.2) is 34.2 Å². The van der Waals surface area contributed by atoms with Crippen LogP contribution in [0.1, 0.15) is 12.5 Å². The van der Waals surface area contributed by atoms with Gasteiger partial charge in [-0.1, -0.05) is 12.1 Å². The minimum absolute atomic E-state index is 0.0506. The molecule has 1 amide bonds. The van der Waals surface area contributed by atoms with Gasteiger partial charge in [-0.3, -0.25) is 14.4 Å². The van der Waals surface area contributed by atoms with Crippen molar-refractivity contribution < 1.29 is 23.9 Å². The number of carboxylic acid groups (broad SMARTS) is 1. The first-order chi connectivity index (χ1) is 8.40. The fourth-order valence-corrected chi connectivity index (χ4v) is 1.40. The largest absolute Gasteiger partial charge is 0.480 e. The zero-order valence-corrected chi connectivity index (χ0v) is 9.72. The summed E-state index contributed by atoms with van der Waals surface area (Å²) in [6.07, 6.45) is 0. The van der Waals surface area contributed by atoms with Crippen molar-refractivity contribution in [2.24, 2.45) is 0 Å². The summed E-state index contributed by atoms with van der Waals surface area (Å²) in [4.78, 5) is 34.0. The maximum atomic E-state index is 12.7. The summed E-state index contributed by atoms with van der Waals surface area (Å²) in [5.74, 6) is -3.26. The SMILES string of the molecule is CC(=O)C(=O)N(CC(=O)O)Cc1ccc(F)cc1. The van der Waals surface area contributed by atoms with Crippen molar-refractivity contribution in [1.29, 1.82) is 0 Å². The first-order valence-corrected chi connectivity index (χ1v) is 5.16. The molecule has 0 aliphatic carbocycles. The molecule has 0 bridgehead atoms. The van der Waals surface area contributed by atoms with Crippen LogP contribution in [0.2, 0.25) is 0 Å². The maximum Gasteiger partial charge on any atom is 0.323 e. The monoisotopic (exact) mass is 253 g/mol. The molecule has 0 aromatic heterocycles. The number of carboxylic acids is 1. The molecule has 1 N–H and O–H groups in total. The number of nitrogens with zero attached hydrogens (tertiary/aromatic N) is 1. The molecule has 0 spiro atoms. The van der Waals surface area contributed by atoms with Gasteiger partial charge in [-0.15, -0.1) is 0 Å². The van der Waals surface area contributed by atoms with E-state index in [0.717, 1.165) is 11.8 Å². The molecule has 0 radical (unpaired) electrons. The second kappa shape index (κ2) is 5.90. The van der Waals surface area contributed by atoms with Gasteiger partial charge in [0.25, 0.3) is 5.91 Å². The van der Waals surface area contributed by atoms with Gasteiger partial charge in [0.2, 0.25) is 5.78 Å². The quantitative estimate of drug-likeness (QED) is 0.788. The maximum absolute atomic E-state index is 12.7. The number of carbonyl (C=O) groups is 3. The van der Waals surface area contributed by atoms with Crippen molar-refractivity contribution in [1.82, 2.24) is 4.90 Å². The molecule has 0 fully saturated rings. The number of amides is 1. The molecule has 1 aromatic rings. The highest BCUT2D eigenvalue weighted by Gasteiger charge is 2.20. The zero-order valence-electron chi connectivity index (χ0n) is 9.72. The van der Waals surface area contributed by atoms with E-state index in [1.807, 2.05) is 0 Å². The van der Waals surface area contributed by atoms with Crippen LogP contribution >= 0.6 is 0 Å². The number of aliphatic carboxylic acids is 1. The molecule has 6 heteroatoms. The molecule has 0 saturated carbocycles. The van der Waals surface area contributed by atoms with E-state index >= 15 is 0 Å². The first-order valence-electron chi connectivity index (χ1n) is 5.16. The van der Waals surface area contributed by atoms with E-state index in [4.69, 9.17) is 5.11 Å². The molecule has 1 rings (SSSR count). The van der Waals surface area contributed by atoms with E-state index in [-0.39, 0.29) is 6.54 Å². The molecule has 5 nitrogen and oxygen atoms in total. The number of Topliss-reactive ketones (excluding diaryl/α,β-unsaturated/α-hetero) is 1. The predicted molar refractivity (Wildman–Crippen MR) is 60.1 cm³/mol. The number of benzene rings is 1. The summed E-state index contributed by atoms with van der Waals surface area (Å²) in [5.41, 5.74) is 0.548. The third kappa shape index (κ3) is 3.97. The molecule has 18 heavy (non-hydrogen) atoms. The Kier molecular flexibility index (Phi) is 4.53. The first kappa shape index (κ1) is 13.8. The van der Waals surface area contributed by atoms with E-state index in [1.54, 1.807) is 0 Å². The highest BCUT2D eigenvalue weighted by Crippen LogP contribution is 2.07. The van der Waals surface area contributed by atoms with Gasteiger partial charge in [-0.25, -0.2) is 4.39 Å². The minimum Gasteiger partial charge on any atom is -0.480 e. The third-order valence-electron chi connectivity index (χ3n) is 2.20. The second-order valence-corrected chi connectivity index (χ2v) is 3.74. The van der Waals surface area contributed by atoms with Crippen molar-refractivity contribution in [2.75, 3.05) is 6.54 Å². The Bertz CT molecular complexity index is 469. The van der Waals surface area contributed by atoms with Gasteiger partial charge >= 0.3 is 5.97 Å². The second-order valence-electron chi connectivity index (χ2n) is 3.74. The van der Waals surface area contributed by atoms with E-state index in [1.165, 1.54) is 24.3 Å². The van der Waals surface area contributed by atoms with E-state index in [9.17, 15) is 18.8 Å². The predicted octanol–water partition coefficient (Wildman–Crippen LogP) is 0.828. The van der Waals surface area contributed by atoms with Crippen LogP contribution < -0.4 is 0 Å². The summed E-state index contributed by atoms with van der Waals surface area (Å²) < 4.78 is 12.7. The number of carbonyl (C=O) groups excluding carboxylic acids is 2. The normalized spacial score (nSPS) is 9.89. The zero-order chi connectivity index (χ0) is 13.7. The molecule has 1 aromatic carbocycles. The lowest BCUT2D eigenvalue weighted by molar-refractivity contribution is -0.149. The smallest absolute Gasteiger partial charge is 0.323 e. The van der Waals surface area contributed by atoms with Crippen molar-refractivity contribution in [2.45, 2.75) is 13.5 Å². The lowest BCUT2D eigenvalue weighted by Crippen LogP contribution is -2.38. The van der Waals surface area contributed by atoms with Crippen LogP contribution in [-0.2, 0) is 20.9 Å². The average Bonchev–Trinajstić information content (AvgIpc) is 2.29. The van der Waals surface area contributed by atoms with E-state index in [2.05, 4.69) is 0 Å². The van der Waals surface area contributed by atoms with Gasteiger partial charge in [0.05, 0.1) is 0 Å². The number of ketones is 1. The molecular weight excluding hydrogens is 241 g/mol. The van der Waals surface area contributed by atoms with Crippen molar-refractivity contribution in [3.8, 4) is 0 Å². The molecule has 0 heterocycles. The van der Waals surface area contributed by atoms with Crippen LogP contribution in [0.15, 0.2) is 24.3 Å². The molecule has 0 aliphatic rings. The number of hydrogen-bond acceptors (Lipinski definition) is 3. The molecule has 96 valence electrons. The lowest BCUT2D eigenvalue weighted by Gasteiger charge is -2.19. The highest BCUT2D eigenvalue weighted by molar-refractivity contribution is 6.35. The minimum atomic E-state index is -1.22. The molecule has 0 aliphatic heterocycles. The van der Waals surface area contributed by atoms with Gasteiger partial charge in [0.15, 0.2) is 0 Å². The Morgan fingerprint density at radius 3 is 2.22 bits per heavy atom. The fourth-order valence-electron chi connectivity index (χ4n) is 1.40. The van der Waals surface area contributed by atoms with Crippen molar-refractivity contribution in [3.05, 3.63) is 35.6 Å². The Balaban J connectivity index is 2.84. The standard InChI is InChI=1S/C12H12FNO4/c1-8(15)12(18)14(7-11(16)17)6-9-2-4-10(13)5-3-9/h2-5H,6-7H2,1H3,(H,16,17). The van der Waals surface area contributed by atoms with Crippen molar-refractivity contribution in [3.63, 3.8) is 0 Å². The summed E-state index contributed by atoms with van der Waals surface area (Å²) in [6, 6.07) is 5.26. The summed E-state index contributed by atoms with van der Waals surface area (Å²) in [7, 11) is 0. The van der Waals surface area contributed by atoms with Crippen LogP contribution in [0.25, 0.3) is 0 Å². The lowest BCUT2D eigenvalue weighted by atomic mass is 10.2. The summed E-state index contributed by atoms with van der Waals surface area (Å²) >= 11 is 0. The third-order valence-corrected chi connectivity index (χ3v) is 2.20. The summed E-state index contributed by atoms with van der Waals surface area (Å²) in [6.45, 7) is 0.447. The Hall–Kier alpha value is -2.24. The molecule has 0 unspecified atom stereocenters. The topological polar surface area (TPSA) is 74.7 Å². The van der Waals surface area contributed by atoms with Crippen LogP contribution in [0.5, 0.6) is 0 Å². The Morgan fingerprint density at radius 2 is 1.78 bits per heavy atom. The van der Waals surface area contributed by atoms with Gasteiger partial charge in [-0.05, 0) is 17.7 Å². The molecular formula is C12H12FNO4. The Morgan fingerprint density at radius 1 is 1.22 bits per heavy atom. The average molecular weight is 253 g/mol. The highest BCUT2D eigenvalue weighted by atomic mass is 19.1. The number of rotatable bonds is 5. The Labute approximate surface area is 103 Å². The molecule has 0 atom stereocenters. The summed E-state index contributed by atoms with van der Waals surface area (Å²) in [5, 5.41) is 8.67. The fraction of sp³-hybridized carbons (Fsp3) is 0.250. The number of hydrogen-bond donors (Lipinski definition) is 1. The van der Waals surface area contributed by atoms with Gasteiger partial charge < -0.3 is 10.0 Å². The van der Waals surface area contributed by atoms with Crippen molar-refractivity contribution >= 4 is 17.7 Å². The molecule has 0 saturated heterocycles. The van der Waals surface area contributed by atoms with Gasteiger partial charge in [0.1, 0.15) is 12.4 Å². The van der Waals surface area contributed by atoms with Crippen LogP contribution in [0.4, 0.5) is 4.39 Å². The van der Waals surface area contributed by atoms with Gasteiger partial charge in [0, 0.05) is 13.5 Å². The van der Waals surface area contributed by atoms with Gasteiger partial charge in [-0.2, -0.15) is 0 Å². The van der Waals surface area contributed by atoms with Crippen LogP contribution in [0, 0.1) is 5.82 Å². The van der Waals surface area contributed by atoms with E-state index in [0.29, 0.717) is 5.56 Å².